The first-order chi connectivity index (χ1) is 14.7. The van der Waals surface area contributed by atoms with E-state index in [1.165, 1.54) is 12.1 Å². The molecule has 2 aromatic rings. The Morgan fingerprint density at radius 1 is 0.967 bits per heavy atom. The highest BCUT2D eigenvalue weighted by Crippen LogP contribution is 2.49. The number of piperazine rings is 1. The standard InChI is InChI=1S/C22H26FN5O2/c23-18-3-1-17(2-4-18)22(5-6-22)21(29)28-9-7-27(8-10-28)20-15-19(16-24-25-20)26-11-13-30-14-12-26/h1-4,15-16H,5-14H2. The Hall–Kier alpha value is -2.74. The van der Waals surface area contributed by atoms with Crippen molar-refractivity contribution in [2.24, 2.45) is 0 Å². The minimum absolute atomic E-state index is 0.168. The van der Waals surface area contributed by atoms with Crippen molar-refractivity contribution in [2.45, 2.75) is 18.3 Å². The third-order valence-corrected chi connectivity index (χ3v) is 6.45. The smallest absolute Gasteiger partial charge is 0.233 e. The molecule has 30 heavy (non-hydrogen) atoms. The van der Waals surface area contributed by atoms with Crippen molar-refractivity contribution in [3.05, 3.63) is 47.9 Å². The van der Waals surface area contributed by atoms with Gasteiger partial charge in [0.2, 0.25) is 5.91 Å². The summed E-state index contributed by atoms with van der Waals surface area (Å²) in [6.45, 7) is 5.95. The van der Waals surface area contributed by atoms with Crippen molar-refractivity contribution in [3.63, 3.8) is 0 Å². The van der Waals surface area contributed by atoms with Crippen molar-refractivity contribution in [1.29, 1.82) is 0 Å². The fraction of sp³-hybridized carbons (Fsp3) is 0.500. The van der Waals surface area contributed by atoms with E-state index in [9.17, 15) is 9.18 Å². The topological polar surface area (TPSA) is 61.8 Å². The first-order valence-corrected chi connectivity index (χ1v) is 10.6. The number of aromatic nitrogens is 2. The van der Waals surface area contributed by atoms with E-state index >= 15 is 0 Å². The zero-order valence-corrected chi connectivity index (χ0v) is 17.0. The number of morpholine rings is 1. The number of carbonyl (C=O) groups excluding carboxylic acids is 1. The molecule has 2 saturated heterocycles. The normalized spacial score (nSPS) is 20.9. The van der Waals surface area contributed by atoms with Gasteiger partial charge in [0, 0.05) is 45.3 Å². The Bertz CT molecular complexity index is 904. The highest BCUT2D eigenvalue weighted by molar-refractivity contribution is 5.91. The van der Waals surface area contributed by atoms with Gasteiger partial charge in [0.15, 0.2) is 5.82 Å². The van der Waals surface area contributed by atoms with Gasteiger partial charge in [-0.2, -0.15) is 5.10 Å². The van der Waals surface area contributed by atoms with Crippen molar-refractivity contribution in [2.75, 3.05) is 62.3 Å². The number of anilines is 2. The Morgan fingerprint density at radius 2 is 1.67 bits per heavy atom. The van der Waals surface area contributed by atoms with Crippen LogP contribution in [0.5, 0.6) is 0 Å². The second-order valence-corrected chi connectivity index (χ2v) is 8.24. The van der Waals surface area contributed by atoms with Crippen LogP contribution in [0.3, 0.4) is 0 Å². The van der Waals surface area contributed by atoms with E-state index < -0.39 is 5.41 Å². The lowest BCUT2D eigenvalue weighted by Gasteiger charge is -2.37. The Balaban J connectivity index is 1.23. The number of carbonyl (C=O) groups is 1. The predicted octanol–water partition coefficient (Wildman–Crippen LogP) is 1.83. The summed E-state index contributed by atoms with van der Waals surface area (Å²) in [5.74, 6) is 0.753. The van der Waals surface area contributed by atoms with Crippen molar-refractivity contribution in [1.82, 2.24) is 15.1 Å². The van der Waals surface area contributed by atoms with Gasteiger partial charge in [-0.15, -0.1) is 5.10 Å². The molecule has 7 nitrogen and oxygen atoms in total. The average molecular weight is 411 g/mol. The second-order valence-electron chi connectivity index (χ2n) is 8.24. The molecule has 0 unspecified atom stereocenters. The summed E-state index contributed by atoms with van der Waals surface area (Å²) in [6, 6.07) is 8.48. The summed E-state index contributed by atoms with van der Waals surface area (Å²) >= 11 is 0. The SMILES string of the molecule is O=C(N1CCN(c2cc(N3CCOCC3)cnn2)CC1)C1(c2ccc(F)cc2)CC1. The summed E-state index contributed by atoms with van der Waals surface area (Å²) < 4.78 is 18.7. The van der Waals surface area contributed by atoms with E-state index in [0.29, 0.717) is 13.1 Å². The van der Waals surface area contributed by atoms with Gasteiger partial charge in [-0.1, -0.05) is 12.1 Å². The molecule has 0 N–H and O–H groups in total. The lowest BCUT2D eigenvalue weighted by Crippen LogP contribution is -2.51. The Labute approximate surface area is 175 Å². The highest BCUT2D eigenvalue weighted by atomic mass is 19.1. The number of rotatable bonds is 4. The van der Waals surface area contributed by atoms with E-state index in [0.717, 1.165) is 69.3 Å². The van der Waals surface area contributed by atoms with Gasteiger partial charge in [-0.05, 0) is 30.5 Å². The molecule has 1 amide bonds. The summed E-state index contributed by atoms with van der Waals surface area (Å²) in [4.78, 5) is 19.6. The van der Waals surface area contributed by atoms with Crippen LogP contribution in [0.2, 0.25) is 0 Å². The Morgan fingerprint density at radius 3 is 2.33 bits per heavy atom. The van der Waals surface area contributed by atoms with Crippen LogP contribution in [0.1, 0.15) is 18.4 Å². The molecular formula is C22H26FN5O2. The van der Waals surface area contributed by atoms with Gasteiger partial charge >= 0.3 is 0 Å². The molecule has 8 heteroatoms. The van der Waals surface area contributed by atoms with Crippen LogP contribution in [-0.2, 0) is 14.9 Å². The minimum atomic E-state index is -0.452. The lowest BCUT2D eigenvalue weighted by atomic mass is 9.94. The van der Waals surface area contributed by atoms with Crippen LogP contribution in [0, 0.1) is 5.82 Å². The molecule has 0 atom stereocenters. The van der Waals surface area contributed by atoms with Crippen LogP contribution in [0.15, 0.2) is 36.5 Å². The number of hydrogen-bond acceptors (Lipinski definition) is 6. The monoisotopic (exact) mass is 411 g/mol. The number of amides is 1. The van der Waals surface area contributed by atoms with Gasteiger partial charge < -0.3 is 19.4 Å². The van der Waals surface area contributed by atoms with Crippen LogP contribution in [0.25, 0.3) is 0 Å². The van der Waals surface area contributed by atoms with Gasteiger partial charge in [-0.3, -0.25) is 4.79 Å². The highest BCUT2D eigenvalue weighted by Gasteiger charge is 2.53. The van der Waals surface area contributed by atoms with Crippen LogP contribution < -0.4 is 9.80 Å². The van der Waals surface area contributed by atoms with Crippen molar-refractivity contribution >= 4 is 17.4 Å². The van der Waals surface area contributed by atoms with Gasteiger partial charge in [0.05, 0.1) is 30.5 Å². The van der Waals surface area contributed by atoms with Gasteiger partial charge in [0.1, 0.15) is 5.82 Å². The minimum Gasteiger partial charge on any atom is -0.378 e. The molecule has 1 saturated carbocycles. The molecule has 1 aromatic heterocycles. The maximum absolute atomic E-state index is 13.3. The van der Waals surface area contributed by atoms with Crippen molar-refractivity contribution < 1.29 is 13.9 Å². The molecule has 0 bridgehead atoms. The number of ether oxygens (including phenoxy) is 1. The summed E-state index contributed by atoms with van der Waals surface area (Å²) in [5, 5.41) is 8.52. The number of benzene rings is 1. The maximum Gasteiger partial charge on any atom is 0.233 e. The molecule has 3 heterocycles. The molecule has 1 aromatic carbocycles. The Kier molecular flexibility index (Phi) is 5.02. The van der Waals surface area contributed by atoms with E-state index in [4.69, 9.17) is 4.74 Å². The quantitative estimate of drug-likeness (QED) is 0.765. The molecule has 0 radical (unpaired) electrons. The first kappa shape index (κ1) is 19.2. The average Bonchev–Trinajstić information content (AvgIpc) is 3.62. The van der Waals surface area contributed by atoms with E-state index in [2.05, 4.69) is 26.1 Å². The largest absolute Gasteiger partial charge is 0.378 e. The van der Waals surface area contributed by atoms with Crippen molar-refractivity contribution in [3.8, 4) is 0 Å². The van der Waals surface area contributed by atoms with E-state index in [1.807, 2.05) is 4.90 Å². The first-order valence-electron chi connectivity index (χ1n) is 10.6. The number of hydrogen-bond donors (Lipinski definition) is 0. The van der Waals surface area contributed by atoms with Crippen LogP contribution in [0.4, 0.5) is 15.9 Å². The summed E-state index contributed by atoms with van der Waals surface area (Å²) in [5.41, 5.74) is 1.54. The predicted molar refractivity (Wildman–Crippen MR) is 111 cm³/mol. The zero-order valence-electron chi connectivity index (χ0n) is 17.0. The fourth-order valence-corrected chi connectivity index (χ4v) is 4.46. The van der Waals surface area contributed by atoms with E-state index in [-0.39, 0.29) is 11.7 Å². The van der Waals surface area contributed by atoms with E-state index in [1.54, 1.807) is 18.3 Å². The summed E-state index contributed by atoms with van der Waals surface area (Å²) in [7, 11) is 0. The maximum atomic E-state index is 13.3. The lowest BCUT2D eigenvalue weighted by molar-refractivity contribution is -0.134. The fourth-order valence-electron chi connectivity index (χ4n) is 4.46. The molecule has 1 aliphatic carbocycles. The third-order valence-electron chi connectivity index (χ3n) is 6.45. The van der Waals surface area contributed by atoms with Crippen LogP contribution in [-0.4, -0.2) is 73.5 Å². The van der Waals surface area contributed by atoms with Gasteiger partial charge in [-0.25, -0.2) is 4.39 Å². The number of halogens is 1. The zero-order chi connectivity index (χ0) is 20.6. The molecule has 0 spiro atoms. The second kappa shape index (κ2) is 7.83. The molecular weight excluding hydrogens is 385 g/mol. The molecule has 2 aliphatic heterocycles. The molecule has 5 rings (SSSR count). The molecule has 158 valence electrons. The number of nitrogens with zero attached hydrogens (tertiary/aromatic N) is 5. The molecule has 3 aliphatic rings. The molecule has 3 fully saturated rings. The summed E-state index contributed by atoms with van der Waals surface area (Å²) in [6.07, 6.45) is 3.48. The van der Waals surface area contributed by atoms with Crippen LogP contribution >= 0.6 is 0 Å². The van der Waals surface area contributed by atoms with Gasteiger partial charge in [0.25, 0.3) is 0 Å². The third kappa shape index (κ3) is 3.60.